The van der Waals surface area contributed by atoms with E-state index in [1.807, 2.05) is 30.3 Å². The predicted molar refractivity (Wildman–Crippen MR) is 193 cm³/mol. The fourth-order valence-corrected chi connectivity index (χ4v) is 9.04. The number of benzene rings is 2. The molecule has 56 heavy (non-hydrogen) atoms. The molecule has 2 aliphatic rings. The van der Waals surface area contributed by atoms with E-state index in [-0.39, 0.29) is 48.7 Å². The highest BCUT2D eigenvalue weighted by atomic mass is 32.1. The summed E-state index contributed by atoms with van der Waals surface area (Å²) < 4.78 is 116. The number of alkyl halides is 7. The first kappa shape index (κ1) is 41.1. The second kappa shape index (κ2) is 17.7. The van der Waals surface area contributed by atoms with Crippen molar-refractivity contribution in [1.29, 1.82) is 0 Å². The van der Waals surface area contributed by atoms with Crippen molar-refractivity contribution in [2.75, 3.05) is 7.15 Å². The first-order valence-electron chi connectivity index (χ1n) is 18.2. The summed E-state index contributed by atoms with van der Waals surface area (Å²) in [6, 6.07) is 14.5. The minimum absolute atomic E-state index is 0.0631. The first-order chi connectivity index (χ1) is 26.9. The van der Waals surface area contributed by atoms with Crippen LogP contribution in [0.5, 0.6) is 0 Å². The van der Waals surface area contributed by atoms with E-state index in [1.165, 1.54) is 28.7 Å². The molecule has 17 heteroatoms. The highest BCUT2D eigenvalue weighted by Crippen LogP contribution is 2.48. The lowest BCUT2D eigenvalue weighted by Crippen LogP contribution is -2.26. The van der Waals surface area contributed by atoms with Crippen LogP contribution in [0.4, 0.5) is 30.7 Å². The van der Waals surface area contributed by atoms with Gasteiger partial charge >= 0.3 is 36.2 Å². The molecule has 2 aromatic carbocycles. The summed E-state index contributed by atoms with van der Waals surface area (Å²) >= 11 is 2.92. The Morgan fingerprint density at radius 1 is 0.589 bits per heavy atom. The number of hydrogen-bond donors (Lipinski definition) is 0. The van der Waals surface area contributed by atoms with Crippen LogP contribution in [0.3, 0.4) is 0 Å². The van der Waals surface area contributed by atoms with E-state index in [4.69, 9.17) is 20.3 Å². The number of rotatable bonds is 10. The van der Waals surface area contributed by atoms with E-state index in [0.717, 1.165) is 35.8 Å². The summed E-state index contributed by atoms with van der Waals surface area (Å²) in [5.74, 6) is -3.67. The zero-order chi connectivity index (χ0) is 41.7. The highest BCUT2D eigenvalue weighted by Gasteiger charge is 2.39. The zero-order valence-electron chi connectivity index (χ0n) is 31.0. The van der Waals surface area contributed by atoms with Crippen molar-refractivity contribution in [1.82, 2.24) is 0 Å². The van der Waals surface area contributed by atoms with Crippen LogP contribution in [-0.4, -0.2) is 43.4 Å². The molecule has 6 rings (SSSR count). The van der Waals surface area contributed by atoms with E-state index in [0.29, 0.717) is 18.4 Å². The maximum Gasteiger partial charge on any atom is 0.399 e. The summed E-state index contributed by atoms with van der Waals surface area (Å²) in [7, 11) is -1.00. The van der Waals surface area contributed by atoms with Gasteiger partial charge in [0, 0.05) is 32.0 Å². The number of fused-ring (bicyclic) bond motifs is 3. The predicted octanol–water partition coefficient (Wildman–Crippen LogP) is 11.5. The van der Waals surface area contributed by atoms with Gasteiger partial charge in [0.05, 0.1) is 8.52 Å². The molecule has 0 saturated carbocycles. The molecule has 2 aliphatic carbocycles. The molecule has 0 bridgehead atoms. The van der Waals surface area contributed by atoms with Gasteiger partial charge in [-0.1, -0.05) is 38.1 Å². The molecule has 4 atom stereocenters. The molecule has 0 aliphatic heterocycles. The molecule has 2 heterocycles. The molecular weight excluding hydrogens is 794 g/mol. The Hall–Kier alpha value is -4.51. The number of thiophene rings is 2. The fraction of sp³-hybridized carbons (Fsp3) is 0.436. The maximum atomic E-state index is 12.9. The third-order valence-corrected chi connectivity index (χ3v) is 11.5. The average Bonchev–Trinajstić information content (AvgIpc) is 3.72. The Morgan fingerprint density at radius 3 is 1.23 bits per heavy atom. The van der Waals surface area contributed by atoms with Crippen molar-refractivity contribution in [3.63, 3.8) is 0 Å². The minimum Gasteiger partial charge on any atom is -0.457 e. The molecule has 0 saturated heterocycles. The number of ether oxygens (including phenoxy) is 4. The van der Waals surface area contributed by atoms with Gasteiger partial charge in [-0.15, -0.1) is 22.7 Å². The molecule has 0 amide bonds. The van der Waals surface area contributed by atoms with Crippen LogP contribution in [0.25, 0.3) is 30.3 Å². The second-order valence-electron chi connectivity index (χ2n) is 13.0. The topological polar surface area (TPSA) is 105 Å². The summed E-state index contributed by atoms with van der Waals surface area (Å²) in [6.07, 6.45) is -15.1. The van der Waals surface area contributed by atoms with Gasteiger partial charge in [0.2, 0.25) is 0 Å². The third kappa shape index (κ3) is 10.5. The van der Waals surface area contributed by atoms with Crippen LogP contribution in [0.1, 0.15) is 113 Å². The lowest BCUT2D eigenvalue weighted by Gasteiger charge is -2.31. The normalized spacial score (nSPS) is 19.4. The molecule has 2 aromatic heterocycles. The number of carbonyl (C=O) groups is 4. The standard InChI is InChI=1S/C38H34F6O8S2.CH3F/c1-3-33(45)49-25-9-11-27(50-34(46)4-2)23-13-19(5-7-21(23)25)29-15-31-32(53-29)16-30(54-31)20-6-8-22-24(14-20)28(52-36(48)18-38(42,43)44)12-10-26(22)51-35(47)17-37(39,40)41;1-2/h5-8,13-16,25-28H,3-4,9-12,17-18H2,1-2H3;1H3/i;1D. The highest BCUT2D eigenvalue weighted by molar-refractivity contribution is 7.31. The summed E-state index contributed by atoms with van der Waals surface area (Å²) in [5, 5.41) is 0. The zero-order valence-corrected chi connectivity index (χ0v) is 31.7. The number of esters is 4. The molecule has 8 nitrogen and oxygen atoms in total. The van der Waals surface area contributed by atoms with Crippen molar-refractivity contribution in [3.05, 3.63) is 70.8 Å². The quantitative estimate of drug-likeness (QED) is 0.0884. The molecule has 0 fully saturated rings. The maximum absolute atomic E-state index is 12.9. The van der Waals surface area contributed by atoms with Crippen LogP contribution < -0.4 is 0 Å². The largest absolute Gasteiger partial charge is 0.457 e. The Labute approximate surface area is 326 Å². The van der Waals surface area contributed by atoms with Gasteiger partial charge in [-0.25, -0.2) is 0 Å². The Bertz CT molecular complexity index is 2060. The van der Waals surface area contributed by atoms with Crippen molar-refractivity contribution in [2.45, 2.75) is 102 Å². The SMILES string of the molecule is CCC(=O)OC1CCC(OC(=O)CC)c2cc(-c3cc4sc(-c5ccc6c(c5)C(OC(=O)CC(F)(F)F)CCC6OC(=O)CC(F)(F)F)cc4s3)ccc21.[2H]CF. The molecular formula is C39H37F7O8S2. The van der Waals surface area contributed by atoms with Crippen LogP contribution in [0.2, 0.25) is 0 Å². The van der Waals surface area contributed by atoms with Crippen molar-refractivity contribution in [2.24, 2.45) is 0 Å². The monoisotopic (exact) mass is 831 g/mol. The lowest BCUT2D eigenvalue weighted by molar-refractivity contribution is -0.181. The van der Waals surface area contributed by atoms with Gasteiger partial charge < -0.3 is 18.9 Å². The molecule has 0 N–H and O–H groups in total. The van der Waals surface area contributed by atoms with Crippen LogP contribution in [-0.2, 0) is 38.1 Å². The Kier molecular flexibility index (Phi) is 13.0. The van der Waals surface area contributed by atoms with Gasteiger partial charge in [0.1, 0.15) is 37.3 Å². The van der Waals surface area contributed by atoms with Crippen LogP contribution in [0.15, 0.2) is 48.5 Å². The number of hydrogen-bond acceptors (Lipinski definition) is 10. The number of halogens is 7. The minimum atomic E-state index is -4.80. The van der Waals surface area contributed by atoms with Gasteiger partial charge in [-0.2, -0.15) is 26.3 Å². The van der Waals surface area contributed by atoms with Crippen molar-refractivity contribution in [3.8, 4) is 20.9 Å². The summed E-state index contributed by atoms with van der Waals surface area (Å²) in [5.41, 5.74) is 3.53. The second-order valence-corrected chi connectivity index (χ2v) is 15.2. The Balaban J connectivity index is 0.00000200. The van der Waals surface area contributed by atoms with E-state index in [9.17, 15) is 49.9 Å². The summed E-state index contributed by atoms with van der Waals surface area (Å²) in [6.45, 7) is 3.43. The summed E-state index contributed by atoms with van der Waals surface area (Å²) in [4.78, 5) is 50.3. The lowest BCUT2D eigenvalue weighted by atomic mass is 9.85. The van der Waals surface area contributed by atoms with E-state index < -0.39 is 68.7 Å². The van der Waals surface area contributed by atoms with Crippen molar-refractivity contribution >= 4 is 56.0 Å². The smallest absolute Gasteiger partial charge is 0.399 e. The average molecular weight is 832 g/mol. The van der Waals surface area contributed by atoms with Crippen LogP contribution in [0, 0.1) is 0 Å². The third-order valence-electron chi connectivity index (χ3n) is 9.08. The molecule has 0 spiro atoms. The first-order valence-corrected chi connectivity index (χ1v) is 19.1. The van der Waals surface area contributed by atoms with E-state index in [2.05, 4.69) is 0 Å². The van der Waals surface area contributed by atoms with Crippen LogP contribution >= 0.6 is 22.7 Å². The molecule has 4 aromatic rings. The van der Waals surface area contributed by atoms with Gasteiger partial charge in [0.25, 0.3) is 0 Å². The molecule has 302 valence electrons. The van der Waals surface area contributed by atoms with Gasteiger partial charge in [-0.05, 0) is 83.3 Å². The Morgan fingerprint density at radius 2 is 0.911 bits per heavy atom. The van der Waals surface area contributed by atoms with E-state index >= 15 is 0 Å². The molecule has 0 radical (unpaired) electrons. The van der Waals surface area contributed by atoms with Gasteiger partial charge in [-0.3, -0.25) is 23.6 Å². The van der Waals surface area contributed by atoms with Crippen molar-refractivity contribution < 1.29 is 70.2 Å². The fourth-order valence-electron chi connectivity index (χ4n) is 6.65. The number of carbonyl (C=O) groups excluding carboxylic acids is 4. The van der Waals surface area contributed by atoms with E-state index in [1.54, 1.807) is 26.0 Å². The van der Waals surface area contributed by atoms with Gasteiger partial charge in [0.15, 0.2) is 0 Å². The molecule has 4 unspecified atom stereocenters.